The van der Waals surface area contributed by atoms with Crippen molar-refractivity contribution in [1.29, 1.82) is 0 Å². The van der Waals surface area contributed by atoms with Gasteiger partial charge in [-0.2, -0.15) is 0 Å². The molecule has 0 saturated carbocycles. The maximum Gasteiger partial charge on any atom is 0.197 e. The lowest BCUT2D eigenvalue weighted by molar-refractivity contribution is 0.271. The molecule has 0 spiro atoms. The van der Waals surface area contributed by atoms with Crippen LogP contribution in [0.3, 0.4) is 0 Å². The van der Waals surface area contributed by atoms with E-state index in [0.29, 0.717) is 23.1 Å². The lowest BCUT2D eigenvalue weighted by Crippen LogP contribution is -2.33. The summed E-state index contributed by atoms with van der Waals surface area (Å²) in [7, 11) is 0. The third-order valence-electron chi connectivity index (χ3n) is 5.67. The first-order valence-electron chi connectivity index (χ1n) is 9.86. The van der Waals surface area contributed by atoms with E-state index in [1.54, 1.807) is 18.0 Å². The third kappa shape index (κ3) is 2.70. The lowest BCUT2D eigenvalue weighted by atomic mass is 9.88. The van der Waals surface area contributed by atoms with Crippen molar-refractivity contribution in [2.75, 3.05) is 6.61 Å². The van der Waals surface area contributed by atoms with Crippen LogP contribution in [0.1, 0.15) is 16.4 Å². The summed E-state index contributed by atoms with van der Waals surface area (Å²) in [6.07, 6.45) is 1.62. The Kier molecular flexibility index (Phi) is 4.03. The van der Waals surface area contributed by atoms with E-state index in [9.17, 15) is 4.79 Å². The minimum Gasteiger partial charge on any atom is -0.492 e. The Morgan fingerprint density at radius 1 is 0.933 bits per heavy atom. The number of benzene rings is 3. The maximum atomic E-state index is 13.4. The minimum atomic E-state index is -0.165. The number of thioether (sulfide) groups is 1. The van der Waals surface area contributed by atoms with Gasteiger partial charge in [0.1, 0.15) is 11.3 Å². The van der Waals surface area contributed by atoms with Gasteiger partial charge >= 0.3 is 0 Å². The van der Waals surface area contributed by atoms with Crippen molar-refractivity contribution in [3.8, 4) is 5.75 Å². The van der Waals surface area contributed by atoms with Crippen LogP contribution in [0, 0.1) is 5.92 Å². The van der Waals surface area contributed by atoms with Crippen LogP contribution in [-0.4, -0.2) is 12.3 Å². The Morgan fingerprint density at radius 3 is 2.70 bits per heavy atom. The summed E-state index contributed by atoms with van der Waals surface area (Å²) in [6, 6.07) is 23.4. The molecule has 4 aromatic rings. The standard InChI is InChI=1S/C25H17NO3S/c27-24-16-8-2-5-11-21(16)29-14-18(24)25-17-13-28-20-10-4-1-7-15(20)23(17)26-19-9-3-6-12-22(19)30-25/h1-12,14,17,25H,13H2/t17-,25-/m1/s1. The monoisotopic (exact) mass is 411 g/mol. The van der Waals surface area contributed by atoms with Gasteiger partial charge in [-0.05, 0) is 36.4 Å². The number of nitrogens with zero attached hydrogens (tertiary/aromatic N) is 1. The molecule has 146 valence electrons. The molecule has 5 heteroatoms. The number of ether oxygens (including phenoxy) is 1. The second kappa shape index (κ2) is 6.89. The summed E-state index contributed by atoms with van der Waals surface area (Å²) in [5, 5.41) is 0.436. The smallest absolute Gasteiger partial charge is 0.197 e. The molecule has 3 aromatic carbocycles. The highest BCUT2D eigenvalue weighted by molar-refractivity contribution is 7.99. The second-order valence-electron chi connectivity index (χ2n) is 7.43. The first kappa shape index (κ1) is 17.5. The average molecular weight is 411 g/mol. The molecule has 0 aliphatic carbocycles. The second-order valence-corrected chi connectivity index (χ2v) is 8.62. The van der Waals surface area contributed by atoms with Gasteiger partial charge in [-0.3, -0.25) is 9.79 Å². The highest BCUT2D eigenvalue weighted by atomic mass is 32.2. The molecule has 6 rings (SSSR count). The van der Waals surface area contributed by atoms with Gasteiger partial charge in [0.15, 0.2) is 5.43 Å². The fourth-order valence-corrected chi connectivity index (χ4v) is 5.53. The largest absolute Gasteiger partial charge is 0.492 e. The molecule has 0 N–H and O–H groups in total. The van der Waals surface area contributed by atoms with Crippen molar-refractivity contribution >= 4 is 34.1 Å². The molecule has 0 fully saturated rings. The minimum absolute atomic E-state index is 0.00643. The summed E-state index contributed by atoms with van der Waals surface area (Å²) in [6.45, 7) is 0.466. The summed E-state index contributed by atoms with van der Waals surface area (Å²) in [4.78, 5) is 19.5. The molecule has 0 unspecified atom stereocenters. The van der Waals surface area contributed by atoms with Crippen molar-refractivity contribution < 1.29 is 9.15 Å². The van der Waals surface area contributed by atoms with E-state index in [2.05, 4.69) is 6.07 Å². The van der Waals surface area contributed by atoms with Gasteiger partial charge in [0.2, 0.25) is 0 Å². The predicted molar refractivity (Wildman–Crippen MR) is 119 cm³/mol. The Labute approximate surface area is 177 Å². The number of para-hydroxylation sites is 3. The van der Waals surface area contributed by atoms with Crippen LogP contribution in [0.4, 0.5) is 5.69 Å². The van der Waals surface area contributed by atoms with E-state index in [-0.39, 0.29) is 16.6 Å². The lowest BCUT2D eigenvalue weighted by Gasteiger charge is -2.31. The van der Waals surface area contributed by atoms with Gasteiger partial charge in [-0.25, -0.2) is 0 Å². The van der Waals surface area contributed by atoms with Crippen LogP contribution in [0.5, 0.6) is 5.75 Å². The van der Waals surface area contributed by atoms with E-state index in [4.69, 9.17) is 14.1 Å². The van der Waals surface area contributed by atoms with Crippen molar-refractivity contribution in [2.24, 2.45) is 10.9 Å². The molecule has 0 bridgehead atoms. The van der Waals surface area contributed by atoms with Crippen molar-refractivity contribution in [3.63, 3.8) is 0 Å². The van der Waals surface area contributed by atoms with Crippen molar-refractivity contribution in [1.82, 2.24) is 0 Å². The van der Waals surface area contributed by atoms with Crippen LogP contribution in [-0.2, 0) is 0 Å². The van der Waals surface area contributed by atoms with Gasteiger partial charge in [-0.15, -0.1) is 11.8 Å². The Morgan fingerprint density at radius 2 is 1.73 bits per heavy atom. The molecule has 1 aromatic heterocycles. The third-order valence-corrected chi connectivity index (χ3v) is 7.11. The molecule has 4 nitrogen and oxygen atoms in total. The molecule has 2 aliphatic rings. The summed E-state index contributed by atoms with van der Waals surface area (Å²) in [5.74, 6) is 0.766. The Bertz CT molecular complexity index is 1370. The van der Waals surface area contributed by atoms with E-state index in [1.807, 2.05) is 66.7 Å². The zero-order chi connectivity index (χ0) is 20.1. The fourth-order valence-electron chi connectivity index (χ4n) is 4.20. The van der Waals surface area contributed by atoms with Crippen LogP contribution >= 0.6 is 11.8 Å². The topological polar surface area (TPSA) is 51.8 Å². The van der Waals surface area contributed by atoms with Gasteiger partial charge in [-0.1, -0.05) is 36.4 Å². The predicted octanol–water partition coefficient (Wildman–Crippen LogP) is 5.77. The highest BCUT2D eigenvalue weighted by Gasteiger charge is 2.38. The van der Waals surface area contributed by atoms with Crippen LogP contribution in [0.25, 0.3) is 11.0 Å². The SMILES string of the molecule is O=c1c([C@@H]2Sc3ccccc3N=C3c4ccccc4OC[C@H]32)coc2ccccc12. The van der Waals surface area contributed by atoms with Gasteiger partial charge < -0.3 is 9.15 Å². The molecule has 0 radical (unpaired) electrons. The molecule has 0 saturated heterocycles. The van der Waals surface area contributed by atoms with Crippen LogP contribution in [0.15, 0.2) is 98.2 Å². The quantitative estimate of drug-likeness (QED) is 0.399. The number of fused-ring (bicyclic) bond motifs is 5. The average Bonchev–Trinajstić information content (AvgIpc) is 2.96. The number of aliphatic imine (C=N–C) groups is 1. The molecular weight excluding hydrogens is 394 g/mol. The van der Waals surface area contributed by atoms with Crippen LogP contribution in [0.2, 0.25) is 0 Å². The number of hydrogen-bond acceptors (Lipinski definition) is 5. The normalized spacial score (nSPS) is 19.7. The zero-order valence-electron chi connectivity index (χ0n) is 15.9. The zero-order valence-corrected chi connectivity index (χ0v) is 16.8. The van der Waals surface area contributed by atoms with E-state index in [1.165, 1.54) is 0 Å². The van der Waals surface area contributed by atoms with Crippen molar-refractivity contribution in [2.45, 2.75) is 10.1 Å². The molecule has 30 heavy (non-hydrogen) atoms. The van der Waals surface area contributed by atoms with E-state index in [0.717, 1.165) is 27.6 Å². The first-order valence-corrected chi connectivity index (χ1v) is 10.7. The summed E-state index contributed by atoms with van der Waals surface area (Å²) < 4.78 is 12.0. The fraction of sp³-hybridized carbons (Fsp3) is 0.120. The Balaban J connectivity index is 1.59. The summed E-state index contributed by atoms with van der Waals surface area (Å²) >= 11 is 1.66. The maximum absolute atomic E-state index is 13.4. The first-order chi connectivity index (χ1) is 14.8. The number of rotatable bonds is 1. The molecule has 0 amide bonds. The van der Waals surface area contributed by atoms with E-state index < -0.39 is 0 Å². The van der Waals surface area contributed by atoms with Crippen LogP contribution < -0.4 is 10.2 Å². The highest BCUT2D eigenvalue weighted by Crippen LogP contribution is 2.49. The van der Waals surface area contributed by atoms with E-state index >= 15 is 0 Å². The molecule has 2 aliphatic heterocycles. The van der Waals surface area contributed by atoms with Crippen molar-refractivity contribution in [3.05, 3.63) is 100 Å². The number of hydrogen-bond donors (Lipinski definition) is 0. The molecule has 3 heterocycles. The molecular formula is C25H17NO3S. The summed E-state index contributed by atoms with van der Waals surface area (Å²) in [5.41, 5.74) is 4.13. The van der Waals surface area contributed by atoms with Gasteiger partial charge in [0.05, 0.1) is 40.8 Å². The molecule has 2 atom stereocenters. The Hall–Kier alpha value is -3.31. The van der Waals surface area contributed by atoms with Gasteiger partial charge in [0.25, 0.3) is 0 Å². The van der Waals surface area contributed by atoms with Gasteiger partial charge in [0, 0.05) is 16.0 Å².